The third kappa shape index (κ3) is 5.00. The molecule has 3 N–H and O–H groups in total. The van der Waals surface area contributed by atoms with Gasteiger partial charge in [0.1, 0.15) is 5.01 Å². The number of carbonyl (C=O) groups is 1. The number of thiazole rings is 1. The molecule has 2 amide bonds. The van der Waals surface area contributed by atoms with E-state index in [1.54, 1.807) is 24.3 Å². The number of amides is 2. The molecule has 0 spiro atoms. The number of hydrogen-bond acceptors (Lipinski definition) is 4. The molecule has 21 heavy (non-hydrogen) atoms. The number of halogens is 1. The second-order valence-electron chi connectivity index (χ2n) is 4.52. The van der Waals surface area contributed by atoms with Gasteiger partial charge in [-0.3, -0.25) is 0 Å². The molecule has 0 aliphatic heterocycles. The SMILES string of the molecule is Cc1csc(CNC(=O)NC[C@@H](O)c2cccc(Cl)c2)n1. The van der Waals surface area contributed by atoms with Crippen molar-refractivity contribution in [1.29, 1.82) is 0 Å². The Morgan fingerprint density at radius 3 is 2.95 bits per heavy atom. The highest BCUT2D eigenvalue weighted by Crippen LogP contribution is 2.16. The van der Waals surface area contributed by atoms with E-state index in [4.69, 9.17) is 11.6 Å². The first kappa shape index (κ1) is 15.8. The van der Waals surface area contributed by atoms with Crippen LogP contribution in [-0.4, -0.2) is 22.7 Å². The fourth-order valence-corrected chi connectivity index (χ4v) is 2.63. The van der Waals surface area contributed by atoms with Gasteiger partial charge in [-0.15, -0.1) is 11.3 Å². The fraction of sp³-hybridized carbons (Fsp3) is 0.286. The Hall–Kier alpha value is -1.63. The molecule has 0 fully saturated rings. The van der Waals surface area contributed by atoms with Crippen molar-refractivity contribution in [1.82, 2.24) is 15.6 Å². The number of rotatable bonds is 5. The van der Waals surface area contributed by atoms with Crippen LogP contribution in [0.5, 0.6) is 0 Å². The summed E-state index contributed by atoms with van der Waals surface area (Å²) in [5.74, 6) is 0. The highest BCUT2D eigenvalue weighted by Gasteiger charge is 2.10. The number of aliphatic hydroxyl groups excluding tert-OH is 1. The summed E-state index contributed by atoms with van der Waals surface area (Å²) in [7, 11) is 0. The van der Waals surface area contributed by atoms with Crippen LogP contribution in [0.2, 0.25) is 5.02 Å². The molecule has 0 aliphatic rings. The summed E-state index contributed by atoms with van der Waals surface area (Å²) in [4.78, 5) is 15.9. The summed E-state index contributed by atoms with van der Waals surface area (Å²) < 4.78 is 0. The molecule has 7 heteroatoms. The third-order valence-corrected chi connectivity index (χ3v) is 3.96. The van der Waals surface area contributed by atoms with Crippen LogP contribution in [0.3, 0.4) is 0 Å². The Kier molecular flexibility index (Phi) is 5.55. The molecule has 0 saturated carbocycles. The third-order valence-electron chi connectivity index (χ3n) is 2.76. The summed E-state index contributed by atoms with van der Waals surface area (Å²) in [6.07, 6.45) is -0.795. The first-order chi connectivity index (χ1) is 10.0. The topological polar surface area (TPSA) is 74.2 Å². The summed E-state index contributed by atoms with van der Waals surface area (Å²) in [5, 5.41) is 18.6. The number of carbonyl (C=O) groups excluding carboxylic acids is 1. The lowest BCUT2D eigenvalue weighted by Gasteiger charge is -2.13. The van der Waals surface area contributed by atoms with Crippen molar-refractivity contribution in [3.8, 4) is 0 Å². The van der Waals surface area contributed by atoms with Gasteiger partial charge in [-0.1, -0.05) is 23.7 Å². The number of benzene rings is 1. The van der Waals surface area contributed by atoms with Crippen molar-refractivity contribution in [2.75, 3.05) is 6.54 Å². The lowest BCUT2D eigenvalue weighted by atomic mass is 10.1. The number of aliphatic hydroxyl groups is 1. The molecule has 0 aliphatic carbocycles. The van der Waals surface area contributed by atoms with E-state index in [2.05, 4.69) is 15.6 Å². The van der Waals surface area contributed by atoms with E-state index in [1.165, 1.54) is 11.3 Å². The highest BCUT2D eigenvalue weighted by molar-refractivity contribution is 7.09. The average molecular weight is 326 g/mol. The Labute approximate surface area is 132 Å². The van der Waals surface area contributed by atoms with Gasteiger partial charge in [0.2, 0.25) is 0 Å². The van der Waals surface area contributed by atoms with E-state index in [-0.39, 0.29) is 12.6 Å². The van der Waals surface area contributed by atoms with Gasteiger partial charge in [0.25, 0.3) is 0 Å². The van der Waals surface area contributed by atoms with Crippen molar-refractivity contribution < 1.29 is 9.90 Å². The van der Waals surface area contributed by atoms with Crippen LogP contribution in [0.1, 0.15) is 22.4 Å². The Morgan fingerprint density at radius 2 is 2.29 bits per heavy atom. The van der Waals surface area contributed by atoms with E-state index in [0.29, 0.717) is 17.1 Å². The molecule has 2 aromatic rings. The minimum Gasteiger partial charge on any atom is -0.387 e. The van der Waals surface area contributed by atoms with E-state index in [0.717, 1.165) is 10.7 Å². The quantitative estimate of drug-likeness (QED) is 0.791. The predicted molar refractivity (Wildman–Crippen MR) is 83.5 cm³/mol. The van der Waals surface area contributed by atoms with Gasteiger partial charge in [0, 0.05) is 22.6 Å². The summed E-state index contributed by atoms with van der Waals surface area (Å²) in [6.45, 7) is 2.39. The van der Waals surface area contributed by atoms with E-state index in [1.807, 2.05) is 12.3 Å². The van der Waals surface area contributed by atoms with Crippen LogP contribution in [0, 0.1) is 6.92 Å². The molecule has 0 unspecified atom stereocenters. The Balaban J connectivity index is 1.75. The number of hydrogen-bond donors (Lipinski definition) is 3. The maximum atomic E-state index is 11.6. The molecule has 112 valence electrons. The van der Waals surface area contributed by atoms with Gasteiger partial charge in [0.05, 0.1) is 12.6 Å². The standard InChI is InChI=1S/C14H16ClN3O2S/c1-9-8-21-13(18-9)7-17-14(20)16-6-12(19)10-3-2-4-11(15)5-10/h2-5,8,12,19H,6-7H2,1H3,(H2,16,17,20)/t12-/m1/s1. The lowest BCUT2D eigenvalue weighted by Crippen LogP contribution is -2.37. The molecule has 5 nitrogen and oxygen atoms in total. The largest absolute Gasteiger partial charge is 0.387 e. The number of nitrogens with zero attached hydrogens (tertiary/aromatic N) is 1. The van der Waals surface area contributed by atoms with Crippen LogP contribution in [0.4, 0.5) is 4.79 Å². The average Bonchev–Trinajstić information content (AvgIpc) is 2.88. The molecular weight excluding hydrogens is 310 g/mol. The summed E-state index contributed by atoms with van der Waals surface area (Å²) >= 11 is 7.35. The van der Waals surface area contributed by atoms with Crippen LogP contribution in [0.25, 0.3) is 0 Å². The first-order valence-electron chi connectivity index (χ1n) is 6.41. The second-order valence-corrected chi connectivity index (χ2v) is 5.90. The van der Waals surface area contributed by atoms with Gasteiger partial charge >= 0.3 is 6.03 Å². The summed E-state index contributed by atoms with van der Waals surface area (Å²) in [5.41, 5.74) is 1.60. The molecule has 1 atom stereocenters. The van der Waals surface area contributed by atoms with E-state index < -0.39 is 6.10 Å². The highest BCUT2D eigenvalue weighted by atomic mass is 35.5. The molecular formula is C14H16ClN3O2S. The van der Waals surface area contributed by atoms with Crippen LogP contribution < -0.4 is 10.6 Å². The minimum atomic E-state index is -0.795. The molecule has 2 rings (SSSR count). The van der Waals surface area contributed by atoms with Gasteiger partial charge in [0.15, 0.2) is 0 Å². The molecule has 0 radical (unpaired) electrons. The van der Waals surface area contributed by atoms with Crippen LogP contribution >= 0.6 is 22.9 Å². The maximum Gasteiger partial charge on any atom is 0.315 e. The van der Waals surface area contributed by atoms with E-state index >= 15 is 0 Å². The van der Waals surface area contributed by atoms with Gasteiger partial charge in [-0.25, -0.2) is 9.78 Å². The zero-order valence-corrected chi connectivity index (χ0v) is 13.0. The molecule has 1 aromatic carbocycles. The van der Waals surface area contributed by atoms with Crippen LogP contribution in [-0.2, 0) is 6.54 Å². The molecule has 1 aromatic heterocycles. The smallest absolute Gasteiger partial charge is 0.315 e. The number of aryl methyl sites for hydroxylation is 1. The number of aromatic nitrogens is 1. The zero-order valence-electron chi connectivity index (χ0n) is 11.5. The van der Waals surface area contributed by atoms with Crippen molar-refractivity contribution in [2.45, 2.75) is 19.6 Å². The van der Waals surface area contributed by atoms with Gasteiger partial charge in [-0.2, -0.15) is 0 Å². The maximum absolute atomic E-state index is 11.6. The van der Waals surface area contributed by atoms with E-state index in [9.17, 15) is 9.90 Å². The molecule has 1 heterocycles. The second kappa shape index (κ2) is 7.40. The molecule has 0 saturated heterocycles. The van der Waals surface area contributed by atoms with Crippen molar-refractivity contribution in [3.05, 3.63) is 50.9 Å². The van der Waals surface area contributed by atoms with Crippen molar-refractivity contribution in [2.24, 2.45) is 0 Å². The minimum absolute atomic E-state index is 0.114. The van der Waals surface area contributed by atoms with Crippen molar-refractivity contribution in [3.63, 3.8) is 0 Å². The fourth-order valence-electron chi connectivity index (χ4n) is 1.72. The normalized spacial score (nSPS) is 12.0. The lowest BCUT2D eigenvalue weighted by molar-refractivity contribution is 0.173. The number of urea groups is 1. The number of nitrogens with one attached hydrogen (secondary N) is 2. The zero-order chi connectivity index (χ0) is 15.2. The Bertz CT molecular complexity index is 618. The Morgan fingerprint density at radius 1 is 1.48 bits per heavy atom. The predicted octanol–water partition coefficient (Wildman–Crippen LogP) is 2.64. The van der Waals surface area contributed by atoms with Crippen molar-refractivity contribution >= 4 is 29.0 Å². The van der Waals surface area contributed by atoms with Crippen LogP contribution in [0.15, 0.2) is 29.6 Å². The molecule has 0 bridgehead atoms. The monoisotopic (exact) mass is 325 g/mol. The van der Waals surface area contributed by atoms with Gasteiger partial charge in [-0.05, 0) is 24.6 Å². The van der Waals surface area contributed by atoms with Gasteiger partial charge < -0.3 is 15.7 Å². The first-order valence-corrected chi connectivity index (χ1v) is 7.66. The summed E-state index contributed by atoms with van der Waals surface area (Å²) in [6, 6.07) is 6.57.